The maximum absolute atomic E-state index is 13.2. The molecule has 7 aliphatic rings. The molecule has 7 rings (SSSR count). The van der Waals surface area contributed by atoms with E-state index in [1.54, 1.807) is 19.9 Å². The number of carboxylic acids is 1. The Labute approximate surface area is 397 Å². The number of aliphatic carboxylic acids is 1. The second-order valence-electron chi connectivity index (χ2n) is 22.8. The van der Waals surface area contributed by atoms with E-state index < -0.39 is 149 Å². The molecule has 386 valence electrons. The van der Waals surface area contributed by atoms with Gasteiger partial charge in [0.25, 0.3) is 0 Å². The van der Waals surface area contributed by atoms with E-state index in [1.165, 1.54) is 6.92 Å². The molecule has 22 atom stereocenters. The average Bonchev–Trinajstić information content (AvgIpc) is 3.27. The lowest BCUT2D eigenvalue weighted by molar-refractivity contribution is -0.375. The van der Waals surface area contributed by atoms with Gasteiger partial charge in [0, 0.05) is 23.3 Å². The molecule has 68 heavy (non-hydrogen) atoms. The van der Waals surface area contributed by atoms with E-state index in [2.05, 4.69) is 26.8 Å². The van der Waals surface area contributed by atoms with Crippen LogP contribution in [0.3, 0.4) is 0 Å². The van der Waals surface area contributed by atoms with E-state index in [-0.39, 0.29) is 31.5 Å². The van der Waals surface area contributed by atoms with Crippen molar-refractivity contribution in [3.8, 4) is 0 Å². The Bertz CT molecular complexity index is 1970. The van der Waals surface area contributed by atoms with E-state index in [0.29, 0.717) is 44.1 Å². The summed E-state index contributed by atoms with van der Waals surface area (Å²) in [4.78, 5) is 38.0. The maximum atomic E-state index is 13.2. The highest BCUT2D eigenvalue weighted by Crippen LogP contribution is 2.76. The van der Waals surface area contributed by atoms with Crippen molar-refractivity contribution < 1.29 is 93.9 Å². The molecule has 6 fully saturated rings. The highest BCUT2D eigenvalue weighted by Gasteiger charge is 2.73. The van der Waals surface area contributed by atoms with Crippen LogP contribution in [0.5, 0.6) is 0 Å². The molecule has 0 radical (unpaired) electrons. The Balaban J connectivity index is 1.20. The number of rotatable bonds is 11. The molecule has 0 aromatic heterocycles. The molecule has 2 saturated heterocycles. The standard InChI is InChI=1S/C49H76O19/c1-10-22(2)41(62)68-39-38(59)49(21-63-23(3)52)25(17-44(39,4)5)24-11-12-28-45(6)15-14-30(46(7,20-51)27(45)13-16-47(28,8)48(24,9)18-29(49)53)65-43-37(34(57)33(56)36(66-43)40(60)61)67-42-35(58)32(55)31(54)26(19-50)64-42/h10-11,25-39,42-43,50-51,53-59H,12-21H2,1-9H3,(H,60,61)/b22-10+/t25?,26-,27?,28?,29-,30+,31+,32+,33+,34+,35-,36+,37-,38+,39?,42+,43-,45+,46+,47-,48-,49+/m1/s1. The number of carbonyl (C=O) groups is 3. The minimum absolute atomic E-state index is 0.0110. The van der Waals surface area contributed by atoms with Crippen LogP contribution in [0, 0.1) is 50.2 Å². The van der Waals surface area contributed by atoms with Gasteiger partial charge >= 0.3 is 17.9 Å². The van der Waals surface area contributed by atoms with Crippen LogP contribution in [0.15, 0.2) is 23.3 Å². The van der Waals surface area contributed by atoms with Crippen LogP contribution in [0.4, 0.5) is 0 Å². The zero-order chi connectivity index (χ0) is 50.4. The molecule has 0 aromatic rings. The van der Waals surface area contributed by atoms with Crippen LogP contribution >= 0.6 is 0 Å². The second-order valence-corrected chi connectivity index (χ2v) is 22.8. The first-order valence-electron chi connectivity index (χ1n) is 24.2. The smallest absolute Gasteiger partial charge is 0.335 e. The largest absolute Gasteiger partial charge is 0.479 e. The van der Waals surface area contributed by atoms with Crippen molar-refractivity contribution in [2.24, 2.45) is 50.2 Å². The van der Waals surface area contributed by atoms with Crippen LogP contribution in [-0.2, 0) is 42.8 Å². The Morgan fingerprint density at radius 1 is 0.809 bits per heavy atom. The third-order valence-electron chi connectivity index (χ3n) is 18.9. The third-order valence-corrected chi connectivity index (χ3v) is 18.9. The van der Waals surface area contributed by atoms with Crippen LogP contribution in [0.2, 0.25) is 0 Å². The first kappa shape index (κ1) is 53.2. The zero-order valence-corrected chi connectivity index (χ0v) is 40.7. The van der Waals surface area contributed by atoms with Crippen molar-refractivity contribution in [1.29, 1.82) is 0 Å². The van der Waals surface area contributed by atoms with Crippen LogP contribution in [-0.4, -0.2) is 175 Å². The van der Waals surface area contributed by atoms with E-state index in [1.807, 2.05) is 20.8 Å². The molecule has 0 spiro atoms. The number of aliphatic hydroxyl groups is 9. The lowest BCUT2D eigenvalue weighted by Gasteiger charge is -2.72. The Kier molecular flexibility index (Phi) is 14.7. The van der Waals surface area contributed by atoms with Gasteiger partial charge in [0.2, 0.25) is 0 Å². The third kappa shape index (κ3) is 8.11. The highest BCUT2D eigenvalue weighted by molar-refractivity contribution is 5.87. The molecule has 4 saturated carbocycles. The lowest BCUT2D eigenvalue weighted by Crippen LogP contribution is -2.72. The first-order chi connectivity index (χ1) is 31.6. The Hall–Kier alpha value is -2.63. The minimum atomic E-state index is -2.04. The van der Waals surface area contributed by atoms with E-state index in [0.717, 1.165) is 5.57 Å². The highest BCUT2D eigenvalue weighted by atomic mass is 16.8. The van der Waals surface area contributed by atoms with Gasteiger partial charge in [0.1, 0.15) is 61.5 Å². The topological polar surface area (TPSA) is 309 Å². The molecule has 5 aliphatic carbocycles. The number of esters is 2. The van der Waals surface area contributed by atoms with Crippen molar-refractivity contribution in [3.05, 3.63) is 23.3 Å². The summed E-state index contributed by atoms with van der Waals surface area (Å²) in [5.41, 5.74) is -3.29. The van der Waals surface area contributed by atoms with Gasteiger partial charge in [0.05, 0.1) is 30.8 Å². The van der Waals surface area contributed by atoms with Crippen molar-refractivity contribution in [1.82, 2.24) is 0 Å². The van der Waals surface area contributed by atoms with Gasteiger partial charge in [-0.1, -0.05) is 59.3 Å². The number of fused-ring (bicyclic) bond motifs is 7. The number of allylic oxidation sites excluding steroid dienone is 3. The SMILES string of the molecule is C/C=C(\C)C(=O)OC1[C@H](O)[C@@]2(COC(C)=O)C(CC1(C)C)C1=CCC3[C@@]4(C)CC[C@H](O[C@@H]5O[C@H](C(=O)O)[C@@H](O)[C@H](O)[C@H]5O[C@@H]5O[C@H](CO)[C@H](O)[C@H](O)[C@H]5O)[C@@](C)(CO)C4CC[C@@]3(C)[C@]1(C)C[C@H]2O. The quantitative estimate of drug-likeness (QED) is 0.0594. The van der Waals surface area contributed by atoms with Gasteiger partial charge in [-0.25, -0.2) is 9.59 Å². The second kappa shape index (κ2) is 18.8. The predicted octanol–water partition coefficient (Wildman–Crippen LogP) is 0.855. The van der Waals surface area contributed by atoms with Crippen LogP contribution in [0.1, 0.15) is 107 Å². The van der Waals surface area contributed by atoms with Crippen LogP contribution in [0.25, 0.3) is 0 Å². The molecular weight excluding hydrogens is 893 g/mol. The first-order valence-corrected chi connectivity index (χ1v) is 24.2. The van der Waals surface area contributed by atoms with E-state index >= 15 is 0 Å². The number of ether oxygens (including phenoxy) is 6. The molecule has 2 aliphatic heterocycles. The van der Waals surface area contributed by atoms with Crippen molar-refractivity contribution in [2.45, 2.75) is 193 Å². The molecule has 2 heterocycles. The molecule has 0 amide bonds. The number of hydrogen-bond donors (Lipinski definition) is 10. The molecule has 10 N–H and O–H groups in total. The van der Waals surface area contributed by atoms with Crippen molar-refractivity contribution >= 4 is 17.9 Å². The molecule has 19 nitrogen and oxygen atoms in total. The Morgan fingerprint density at radius 3 is 2.09 bits per heavy atom. The fraction of sp³-hybridized carbons (Fsp3) is 0.857. The van der Waals surface area contributed by atoms with Gasteiger partial charge in [0.15, 0.2) is 18.7 Å². The molecule has 0 bridgehead atoms. The fourth-order valence-electron chi connectivity index (χ4n) is 14.7. The summed E-state index contributed by atoms with van der Waals surface area (Å²) in [6.45, 7) is 15.6. The average molecular weight is 969 g/mol. The van der Waals surface area contributed by atoms with E-state index in [4.69, 9.17) is 28.4 Å². The van der Waals surface area contributed by atoms with Gasteiger partial charge in [-0.2, -0.15) is 0 Å². The zero-order valence-electron chi connectivity index (χ0n) is 40.7. The predicted molar refractivity (Wildman–Crippen MR) is 236 cm³/mol. The monoisotopic (exact) mass is 968 g/mol. The van der Waals surface area contributed by atoms with Gasteiger partial charge in [-0.3, -0.25) is 4.79 Å². The minimum Gasteiger partial charge on any atom is -0.479 e. The number of carbonyl (C=O) groups excluding carboxylic acids is 2. The van der Waals surface area contributed by atoms with Crippen molar-refractivity contribution in [2.75, 3.05) is 19.8 Å². The lowest BCUT2D eigenvalue weighted by atomic mass is 9.33. The van der Waals surface area contributed by atoms with Gasteiger partial charge < -0.3 is 79.5 Å². The summed E-state index contributed by atoms with van der Waals surface area (Å²) in [6.07, 6.45) is -15.3. The van der Waals surface area contributed by atoms with Gasteiger partial charge in [-0.05, 0) is 92.8 Å². The summed E-state index contributed by atoms with van der Waals surface area (Å²) >= 11 is 0. The van der Waals surface area contributed by atoms with E-state index in [9.17, 15) is 65.4 Å². The molecule has 0 aromatic carbocycles. The maximum Gasteiger partial charge on any atom is 0.335 e. The summed E-state index contributed by atoms with van der Waals surface area (Å²) in [6, 6.07) is 0. The number of carboxylic acid groups (broad SMARTS) is 1. The van der Waals surface area contributed by atoms with Crippen molar-refractivity contribution in [3.63, 3.8) is 0 Å². The number of aliphatic hydroxyl groups excluding tert-OH is 9. The summed E-state index contributed by atoms with van der Waals surface area (Å²) < 4.78 is 35.6. The number of hydrogen-bond acceptors (Lipinski definition) is 18. The summed E-state index contributed by atoms with van der Waals surface area (Å²) in [5.74, 6) is -3.44. The molecule has 4 unspecified atom stereocenters. The summed E-state index contributed by atoms with van der Waals surface area (Å²) in [7, 11) is 0. The Morgan fingerprint density at radius 2 is 1.49 bits per heavy atom. The van der Waals surface area contributed by atoms with Gasteiger partial charge in [-0.15, -0.1) is 0 Å². The molecular formula is C49H76O19. The summed E-state index contributed by atoms with van der Waals surface area (Å²) in [5, 5.41) is 110. The fourth-order valence-corrected chi connectivity index (χ4v) is 14.7. The molecule has 19 heteroatoms. The normalized spacial score (nSPS) is 50.1. The van der Waals surface area contributed by atoms with Crippen LogP contribution < -0.4 is 0 Å².